The zero-order valence-electron chi connectivity index (χ0n) is 19.4. The molecule has 3 rings (SSSR count). The molecular formula is C28H33NO2. The van der Waals surface area contributed by atoms with Crippen molar-refractivity contribution in [1.82, 2.24) is 5.32 Å². The van der Waals surface area contributed by atoms with Gasteiger partial charge in [0.25, 0.3) is 5.91 Å². The summed E-state index contributed by atoms with van der Waals surface area (Å²) in [7, 11) is 0. The fourth-order valence-corrected chi connectivity index (χ4v) is 3.86. The number of benzene rings is 3. The molecule has 0 fully saturated rings. The monoisotopic (exact) mass is 415 g/mol. The Hall–Kier alpha value is -3.07. The van der Waals surface area contributed by atoms with Crippen molar-refractivity contribution in [1.29, 1.82) is 0 Å². The molecule has 0 aliphatic carbocycles. The Morgan fingerprint density at radius 2 is 1.42 bits per heavy atom. The number of aryl methyl sites for hydroxylation is 3. The van der Waals surface area contributed by atoms with Crippen molar-refractivity contribution in [2.24, 2.45) is 0 Å². The topological polar surface area (TPSA) is 38.3 Å². The second-order valence-electron chi connectivity index (χ2n) is 8.67. The van der Waals surface area contributed by atoms with Gasteiger partial charge in [-0.25, -0.2) is 0 Å². The maximum atomic E-state index is 13.2. The largest absolute Gasteiger partial charge is 0.481 e. The van der Waals surface area contributed by atoms with Gasteiger partial charge in [0.05, 0.1) is 6.04 Å². The fraction of sp³-hybridized carbons (Fsp3) is 0.321. The molecule has 3 heteroatoms. The summed E-state index contributed by atoms with van der Waals surface area (Å²) in [6.07, 6.45) is -0.615. The number of hydrogen-bond acceptors (Lipinski definition) is 2. The minimum absolute atomic E-state index is 0.134. The normalized spacial score (nSPS) is 13.0. The predicted octanol–water partition coefficient (Wildman–Crippen LogP) is 6.41. The van der Waals surface area contributed by atoms with Crippen LogP contribution in [0.1, 0.15) is 66.1 Å². The highest BCUT2D eigenvalue weighted by Gasteiger charge is 2.24. The number of hydrogen-bond donors (Lipinski definition) is 1. The van der Waals surface area contributed by atoms with E-state index >= 15 is 0 Å². The van der Waals surface area contributed by atoms with Gasteiger partial charge in [0, 0.05) is 0 Å². The Kier molecular flexibility index (Phi) is 7.17. The summed E-state index contributed by atoms with van der Waals surface area (Å²) in [5.41, 5.74) is 6.73. The molecule has 162 valence electrons. The van der Waals surface area contributed by atoms with E-state index in [2.05, 4.69) is 63.3 Å². The van der Waals surface area contributed by atoms with E-state index in [0.29, 0.717) is 5.92 Å². The summed E-state index contributed by atoms with van der Waals surface area (Å²) in [5.74, 6) is 0.962. The highest BCUT2D eigenvalue weighted by Crippen LogP contribution is 2.29. The van der Waals surface area contributed by atoms with Crippen molar-refractivity contribution in [2.45, 2.75) is 59.6 Å². The highest BCUT2D eigenvalue weighted by atomic mass is 16.5. The Bertz CT molecular complexity index is 1040. The first-order valence-electron chi connectivity index (χ1n) is 11.0. The van der Waals surface area contributed by atoms with Crippen LogP contribution < -0.4 is 10.1 Å². The predicted molar refractivity (Wildman–Crippen MR) is 128 cm³/mol. The average molecular weight is 416 g/mol. The summed E-state index contributed by atoms with van der Waals surface area (Å²) in [6, 6.07) is 22.4. The molecule has 0 spiro atoms. The Morgan fingerprint density at radius 3 is 2.03 bits per heavy atom. The first kappa shape index (κ1) is 22.6. The SMILES string of the molecule is Cc1ccc(C(NC(=O)C(C)Oc2cc(C)ccc2C(C)C)c2ccccc2)c(C)c1. The van der Waals surface area contributed by atoms with Gasteiger partial charge in [0.2, 0.25) is 0 Å². The van der Waals surface area contributed by atoms with Gasteiger partial charge in [-0.2, -0.15) is 0 Å². The van der Waals surface area contributed by atoms with Crippen LogP contribution in [0.5, 0.6) is 5.75 Å². The maximum absolute atomic E-state index is 13.2. The molecule has 31 heavy (non-hydrogen) atoms. The van der Waals surface area contributed by atoms with Crippen molar-refractivity contribution in [3.63, 3.8) is 0 Å². The van der Waals surface area contributed by atoms with Crippen molar-refractivity contribution in [2.75, 3.05) is 0 Å². The van der Waals surface area contributed by atoms with Crippen LogP contribution >= 0.6 is 0 Å². The zero-order chi connectivity index (χ0) is 22.5. The number of carbonyl (C=O) groups is 1. The highest BCUT2D eigenvalue weighted by molar-refractivity contribution is 5.81. The second-order valence-corrected chi connectivity index (χ2v) is 8.67. The third kappa shape index (κ3) is 5.55. The quantitative estimate of drug-likeness (QED) is 0.484. The first-order chi connectivity index (χ1) is 14.8. The standard InChI is InChI=1S/C28H33NO2/c1-18(2)24-14-12-20(4)17-26(24)31-22(6)28(30)29-27(23-10-8-7-9-11-23)25-15-13-19(3)16-21(25)5/h7-18,22,27H,1-6H3,(H,29,30). The third-order valence-corrected chi connectivity index (χ3v) is 5.62. The van der Waals surface area contributed by atoms with Gasteiger partial charge in [0.15, 0.2) is 6.10 Å². The van der Waals surface area contributed by atoms with Gasteiger partial charge in [-0.05, 0) is 67.5 Å². The van der Waals surface area contributed by atoms with Crippen LogP contribution in [0.2, 0.25) is 0 Å². The third-order valence-electron chi connectivity index (χ3n) is 5.62. The van der Waals surface area contributed by atoms with Crippen LogP contribution in [0.4, 0.5) is 0 Å². The van der Waals surface area contributed by atoms with Crippen molar-refractivity contribution < 1.29 is 9.53 Å². The molecule has 0 saturated heterocycles. The summed E-state index contributed by atoms with van der Waals surface area (Å²) in [5, 5.41) is 3.23. The average Bonchev–Trinajstić information content (AvgIpc) is 2.72. The van der Waals surface area contributed by atoms with Crippen LogP contribution in [0.25, 0.3) is 0 Å². The summed E-state index contributed by atoms with van der Waals surface area (Å²) in [4.78, 5) is 13.2. The van der Waals surface area contributed by atoms with Crippen LogP contribution in [0.3, 0.4) is 0 Å². The van der Waals surface area contributed by atoms with E-state index in [1.165, 1.54) is 5.56 Å². The van der Waals surface area contributed by atoms with Crippen molar-refractivity contribution in [3.8, 4) is 5.75 Å². The molecule has 2 unspecified atom stereocenters. The molecule has 2 atom stereocenters. The van der Waals surface area contributed by atoms with Gasteiger partial charge >= 0.3 is 0 Å². The summed E-state index contributed by atoms with van der Waals surface area (Å²) in [6.45, 7) is 12.3. The lowest BCUT2D eigenvalue weighted by Gasteiger charge is -2.25. The maximum Gasteiger partial charge on any atom is 0.261 e. The first-order valence-corrected chi connectivity index (χ1v) is 11.0. The summed E-state index contributed by atoms with van der Waals surface area (Å²) >= 11 is 0. The molecule has 0 aliphatic heterocycles. The molecule has 0 bridgehead atoms. The van der Waals surface area contributed by atoms with Crippen LogP contribution in [0, 0.1) is 20.8 Å². The van der Waals surface area contributed by atoms with E-state index in [9.17, 15) is 4.79 Å². The van der Waals surface area contributed by atoms with Gasteiger partial charge < -0.3 is 10.1 Å². The van der Waals surface area contributed by atoms with Gasteiger partial charge in [-0.15, -0.1) is 0 Å². The molecule has 1 N–H and O–H groups in total. The van der Waals surface area contributed by atoms with Gasteiger partial charge in [0.1, 0.15) is 5.75 Å². The molecule has 3 nitrogen and oxygen atoms in total. The van der Waals surface area contributed by atoms with E-state index in [4.69, 9.17) is 4.74 Å². The molecule has 0 saturated carbocycles. The number of ether oxygens (including phenoxy) is 1. The minimum atomic E-state index is -0.615. The molecule has 0 radical (unpaired) electrons. The van der Waals surface area contributed by atoms with Crippen LogP contribution in [-0.2, 0) is 4.79 Å². The molecular weight excluding hydrogens is 382 g/mol. The van der Waals surface area contributed by atoms with E-state index < -0.39 is 6.10 Å². The van der Waals surface area contributed by atoms with E-state index in [1.54, 1.807) is 0 Å². The Balaban J connectivity index is 1.86. The van der Waals surface area contributed by atoms with E-state index in [0.717, 1.165) is 33.6 Å². The molecule has 0 aliphatic rings. The molecule has 3 aromatic rings. The van der Waals surface area contributed by atoms with Gasteiger partial charge in [-0.1, -0.05) is 80.1 Å². The lowest BCUT2D eigenvalue weighted by molar-refractivity contribution is -0.127. The number of nitrogens with one attached hydrogen (secondary N) is 1. The lowest BCUT2D eigenvalue weighted by atomic mass is 9.93. The van der Waals surface area contributed by atoms with Crippen LogP contribution in [-0.4, -0.2) is 12.0 Å². The Morgan fingerprint density at radius 1 is 0.806 bits per heavy atom. The van der Waals surface area contributed by atoms with E-state index in [-0.39, 0.29) is 11.9 Å². The smallest absolute Gasteiger partial charge is 0.261 e. The number of rotatable bonds is 7. The number of carbonyl (C=O) groups excluding carboxylic acids is 1. The van der Waals surface area contributed by atoms with Crippen molar-refractivity contribution in [3.05, 3.63) is 100 Å². The second kappa shape index (κ2) is 9.82. The van der Waals surface area contributed by atoms with Crippen molar-refractivity contribution >= 4 is 5.91 Å². The van der Waals surface area contributed by atoms with Gasteiger partial charge in [-0.3, -0.25) is 4.79 Å². The summed E-state index contributed by atoms with van der Waals surface area (Å²) < 4.78 is 6.16. The Labute approximate surface area is 186 Å². The zero-order valence-corrected chi connectivity index (χ0v) is 19.4. The molecule has 1 amide bonds. The van der Waals surface area contributed by atoms with E-state index in [1.807, 2.05) is 50.2 Å². The molecule has 0 heterocycles. The lowest BCUT2D eigenvalue weighted by Crippen LogP contribution is -2.39. The molecule has 0 aromatic heterocycles. The number of amides is 1. The minimum Gasteiger partial charge on any atom is -0.481 e. The fourth-order valence-electron chi connectivity index (χ4n) is 3.86. The molecule has 3 aromatic carbocycles. The van der Waals surface area contributed by atoms with Crippen LogP contribution in [0.15, 0.2) is 66.7 Å².